The average Bonchev–Trinajstić information content (AvgIpc) is 2.77. The van der Waals surface area contributed by atoms with Gasteiger partial charge in [0.2, 0.25) is 0 Å². The molecule has 0 bridgehead atoms. The summed E-state index contributed by atoms with van der Waals surface area (Å²) in [6.07, 6.45) is 2.39. The zero-order chi connectivity index (χ0) is 14.3. The fourth-order valence-corrected chi connectivity index (χ4v) is 3.43. The van der Waals surface area contributed by atoms with Crippen LogP contribution in [0.5, 0.6) is 0 Å². The van der Waals surface area contributed by atoms with E-state index in [2.05, 4.69) is 22.6 Å². The Morgan fingerprint density at radius 1 is 1.40 bits per heavy atom. The molecule has 1 aromatic heterocycles. The van der Waals surface area contributed by atoms with Crippen molar-refractivity contribution in [2.24, 2.45) is 0 Å². The highest BCUT2D eigenvalue weighted by atomic mass is 35.5. The maximum Gasteiger partial charge on any atom is 0.128 e. The Morgan fingerprint density at radius 3 is 2.90 bits per heavy atom. The minimum Gasteiger partial charge on any atom is -0.322 e. The molecule has 2 unspecified atom stereocenters. The highest BCUT2D eigenvalue weighted by Gasteiger charge is 2.25. The van der Waals surface area contributed by atoms with Gasteiger partial charge in [-0.25, -0.2) is 4.98 Å². The number of fused-ring (bicyclic) bond motifs is 1. The van der Waals surface area contributed by atoms with E-state index >= 15 is 0 Å². The molecule has 108 valence electrons. The summed E-state index contributed by atoms with van der Waals surface area (Å²) in [5.74, 6) is 0.948. The first-order valence-electron chi connectivity index (χ1n) is 7.06. The number of aromatic nitrogens is 2. The van der Waals surface area contributed by atoms with Crippen molar-refractivity contribution < 1.29 is 0 Å². The second kappa shape index (κ2) is 5.55. The number of hydrogen-bond acceptors (Lipinski definition) is 2. The molecule has 0 N–H and O–H groups in total. The van der Waals surface area contributed by atoms with Gasteiger partial charge in [-0.15, -0.1) is 11.6 Å². The third-order valence-electron chi connectivity index (χ3n) is 4.00. The highest BCUT2D eigenvalue weighted by Crippen LogP contribution is 2.32. The second-order valence-electron chi connectivity index (χ2n) is 5.65. The Morgan fingerprint density at radius 2 is 2.20 bits per heavy atom. The Labute approximate surface area is 129 Å². The van der Waals surface area contributed by atoms with Crippen LogP contribution < -0.4 is 0 Å². The molecule has 1 aliphatic heterocycles. The number of hydrogen-bond donors (Lipinski definition) is 0. The summed E-state index contributed by atoms with van der Waals surface area (Å²) in [6, 6.07) is 6.35. The van der Waals surface area contributed by atoms with Crippen LogP contribution in [0.2, 0.25) is 5.02 Å². The largest absolute Gasteiger partial charge is 0.322 e. The first-order chi connectivity index (χ1) is 9.56. The molecule has 1 fully saturated rings. The van der Waals surface area contributed by atoms with Gasteiger partial charge in [0.25, 0.3) is 0 Å². The van der Waals surface area contributed by atoms with Gasteiger partial charge in [-0.05, 0) is 51.6 Å². The van der Waals surface area contributed by atoms with Crippen LogP contribution >= 0.6 is 23.2 Å². The van der Waals surface area contributed by atoms with E-state index in [0.717, 1.165) is 28.4 Å². The molecule has 1 aliphatic rings. The molecule has 1 aromatic carbocycles. The minimum absolute atomic E-state index is 0.103. The van der Waals surface area contributed by atoms with Crippen LogP contribution in [0.25, 0.3) is 11.0 Å². The van der Waals surface area contributed by atoms with Gasteiger partial charge in [-0.1, -0.05) is 11.6 Å². The fourth-order valence-electron chi connectivity index (χ4n) is 3.10. The lowest BCUT2D eigenvalue weighted by Crippen LogP contribution is -2.34. The van der Waals surface area contributed by atoms with E-state index in [-0.39, 0.29) is 5.38 Å². The zero-order valence-electron chi connectivity index (χ0n) is 11.8. The van der Waals surface area contributed by atoms with Crippen LogP contribution in [0.3, 0.4) is 0 Å². The Hall–Kier alpha value is -0.770. The number of likely N-dealkylation sites (N-methyl/N-ethyl adjacent to an activating group) is 1. The summed E-state index contributed by atoms with van der Waals surface area (Å²) in [5.41, 5.74) is 2.07. The maximum absolute atomic E-state index is 6.35. The number of imidazole rings is 1. The average molecular weight is 312 g/mol. The molecule has 2 heterocycles. The van der Waals surface area contributed by atoms with Gasteiger partial charge < -0.3 is 9.47 Å². The molecule has 2 aromatic rings. The monoisotopic (exact) mass is 311 g/mol. The lowest BCUT2D eigenvalue weighted by molar-refractivity contribution is 0.212. The van der Waals surface area contributed by atoms with E-state index in [9.17, 15) is 0 Å². The van der Waals surface area contributed by atoms with Crippen molar-refractivity contribution in [1.82, 2.24) is 14.5 Å². The van der Waals surface area contributed by atoms with E-state index in [1.807, 2.05) is 19.1 Å². The van der Waals surface area contributed by atoms with Crippen molar-refractivity contribution >= 4 is 34.2 Å². The molecule has 20 heavy (non-hydrogen) atoms. The van der Waals surface area contributed by atoms with Crippen molar-refractivity contribution in [1.29, 1.82) is 0 Å². The summed E-state index contributed by atoms with van der Waals surface area (Å²) in [5, 5.41) is 0.616. The molecule has 0 saturated carbocycles. The number of benzene rings is 1. The summed E-state index contributed by atoms with van der Waals surface area (Å²) < 4.78 is 2.32. The van der Waals surface area contributed by atoms with Gasteiger partial charge in [0.05, 0.1) is 16.4 Å². The van der Waals surface area contributed by atoms with Crippen LogP contribution in [0, 0.1) is 0 Å². The molecular formula is C15H19Cl2N3. The van der Waals surface area contributed by atoms with Gasteiger partial charge in [-0.3, -0.25) is 0 Å². The Balaban J connectivity index is 2.13. The summed E-state index contributed by atoms with van der Waals surface area (Å²) in [6.45, 7) is 4.19. The summed E-state index contributed by atoms with van der Waals surface area (Å²) in [4.78, 5) is 7.07. The predicted molar refractivity (Wildman–Crippen MR) is 84.8 cm³/mol. The third kappa shape index (κ3) is 2.54. The number of halogens is 2. The quantitative estimate of drug-likeness (QED) is 0.773. The van der Waals surface area contributed by atoms with Crippen LogP contribution in [-0.2, 0) is 0 Å². The summed E-state index contributed by atoms with van der Waals surface area (Å²) in [7, 11) is 2.17. The first-order valence-corrected chi connectivity index (χ1v) is 7.87. The molecule has 2 atom stereocenters. The van der Waals surface area contributed by atoms with E-state index in [1.54, 1.807) is 0 Å². The van der Waals surface area contributed by atoms with Gasteiger partial charge in [0.1, 0.15) is 5.82 Å². The molecule has 0 radical (unpaired) electrons. The Bertz CT molecular complexity index is 621. The van der Waals surface area contributed by atoms with Gasteiger partial charge >= 0.3 is 0 Å². The lowest BCUT2D eigenvalue weighted by atomic mass is 10.1. The smallest absolute Gasteiger partial charge is 0.128 e. The number of nitrogens with zero attached hydrogens (tertiary/aromatic N) is 3. The third-order valence-corrected chi connectivity index (χ3v) is 4.43. The molecule has 0 aliphatic carbocycles. The van der Waals surface area contributed by atoms with Crippen molar-refractivity contribution in [3.05, 3.63) is 29.0 Å². The molecule has 0 amide bonds. The standard InChI is InChI=1S/C15H19Cl2N3/c1-10(16)15-18-13-8-11(17)5-6-14(13)20(15)12-4-3-7-19(2)9-12/h5-6,8,10,12H,3-4,7,9H2,1-2H3. The van der Waals surface area contributed by atoms with Crippen molar-refractivity contribution in [2.45, 2.75) is 31.2 Å². The Kier molecular flexibility index (Phi) is 3.93. The van der Waals surface area contributed by atoms with E-state index in [4.69, 9.17) is 28.2 Å². The van der Waals surface area contributed by atoms with Crippen LogP contribution in [0.15, 0.2) is 18.2 Å². The zero-order valence-corrected chi connectivity index (χ0v) is 13.3. The van der Waals surface area contributed by atoms with Crippen molar-refractivity contribution in [3.8, 4) is 0 Å². The molecule has 0 spiro atoms. The van der Waals surface area contributed by atoms with Gasteiger partial charge in [0, 0.05) is 17.6 Å². The predicted octanol–water partition coefficient (Wildman–Crippen LogP) is 4.26. The first kappa shape index (κ1) is 14.2. The molecule has 1 saturated heterocycles. The lowest BCUT2D eigenvalue weighted by Gasteiger charge is -2.32. The summed E-state index contributed by atoms with van der Waals surface area (Å²) >= 11 is 12.4. The number of rotatable bonds is 2. The topological polar surface area (TPSA) is 21.1 Å². The van der Waals surface area contributed by atoms with Gasteiger partial charge in [0.15, 0.2) is 0 Å². The molecule has 5 heteroatoms. The number of alkyl halides is 1. The van der Waals surface area contributed by atoms with E-state index in [0.29, 0.717) is 6.04 Å². The van der Waals surface area contributed by atoms with Crippen LogP contribution in [0.1, 0.15) is 37.0 Å². The minimum atomic E-state index is -0.103. The normalized spacial score (nSPS) is 22.3. The molecular weight excluding hydrogens is 293 g/mol. The fraction of sp³-hybridized carbons (Fsp3) is 0.533. The van der Waals surface area contributed by atoms with E-state index < -0.39 is 0 Å². The number of likely N-dealkylation sites (tertiary alicyclic amines) is 1. The van der Waals surface area contributed by atoms with E-state index in [1.165, 1.54) is 19.4 Å². The van der Waals surface area contributed by atoms with Crippen LogP contribution in [0.4, 0.5) is 0 Å². The van der Waals surface area contributed by atoms with Crippen molar-refractivity contribution in [3.63, 3.8) is 0 Å². The SMILES string of the molecule is CC(Cl)c1nc2cc(Cl)ccc2n1C1CCCN(C)C1. The van der Waals surface area contributed by atoms with Crippen LogP contribution in [-0.4, -0.2) is 34.6 Å². The highest BCUT2D eigenvalue weighted by molar-refractivity contribution is 6.31. The molecule has 3 rings (SSSR count). The second-order valence-corrected chi connectivity index (χ2v) is 6.74. The molecule has 3 nitrogen and oxygen atoms in total. The van der Waals surface area contributed by atoms with Gasteiger partial charge in [-0.2, -0.15) is 0 Å². The number of piperidine rings is 1. The maximum atomic E-state index is 6.35. The van der Waals surface area contributed by atoms with Crippen molar-refractivity contribution in [2.75, 3.05) is 20.1 Å².